The normalized spacial score (nSPS) is 15.8. The third kappa shape index (κ3) is 5.56. The lowest BCUT2D eigenvalue weighted by atomic mass is 9.84. The van der Waals surface area contributed by atoms with Crippen LogP contribution in [0, 0.1) is 5.92 Å². The van der Waals surface area contributed by atoms with Gasteiger partial charge in [-0.2, -0.15) is 0 Å². The minimum Gasteiger partial charge on any atom is -0.354 e. The van der Waals surface area contributed by atoms with Crippen LogP contribution in [-0.2, 0) is 19.8 Å². The number of amides is 3. The van der Waals surface area contributed by atoms with E-state index in [9.17, 15) is 14.4 Å². The Morgan fingerprint density at radius 1 is 1.12 bits per heavy atom. The van der Waals surface area contributed by atoms with Gasteiger partial charge >= 0.3 is 11.8 Å². The fraction of sp³-hybridized carbons (Fsp3) is 0.611. The topological polar surface area (TPSA) is 87.3 Å². The molecule has 1 saturated carbocycles. The third-order valence-corrected chi connectivity index (χ3v) is 5.63. The maximum Gasteiger partial charge on any atom is 0.309 e. The molecule has 0 atom stereocenters. The van der Waals surface area contributed by atoms with Gasteiger partial charge in [-0.05, 0) is 30.2 Å². The van der Waals surface area contributed by atoms with E-state index in [0.29, 0.717) is 13.1 Å². The molecule has 1 aromatic rings. The SMILES string of the molecule is CC(C)CNC(=O)C(=O)NCC(=O)NCC1(c2cccs2)CCCC1. The number of hydrogen-bond acceptors (Lipinski definition) is 4. The highest BCUT2D eigenvalue weighted by atomic mass is 32.1. The van der Waals surface area contributed by atoms with Crippen LogP contribution in [0.4, 0.5) is 0 Å². The summed E-state index contributed by atoms with van der Waals surface area (Å²) >= 11 is 1.73. The Morgan fingerprint density at radius 2 is 1.80 bits per heavy atom. The molecule has 0 aliphatic heterocycles. The zero-order chi connectivity index (χ0) is 18.3. The van der Waals surface area contributed by atoms with Crippen molar-refractivity contribution in [2.75, 3.05) is 19.6 Å². The van der Waals surface area contributed by atoms with Gasteiger partial charge in [-0.25, -0.2) is 0 Å². The monoisotopic (exact) mass is 365 g/mol. The summed E-state index contributed by atoms with van der Waals surface area (Å²) in [6.45, 7) is 4.70. The van der Waals surface area contributed by atoms with Crippen LogP contribution in [0.1, 0.15) is 44.4 Å². The molecule has 1 aliphatic carbocycles. The van der Waals surface area contributed by atoms with Crippen LogP contribution in [0.3, 0.4) is 0 Å². The minimum atomic E-state index is -0.773. The Bertz CT molecular complexity index is 593. The van der Waals surface area contributed by atoms with Crippen molar-refractivity contribution in [2.45, 2.75) is 44.9 Å². The average molecular weight is 365 g/mol. The molecule has 7 heteroatoms. The lowest BCUT2D eigenvalue weighted by Crippen LogP contribution is -2.46. The summed E-state index contributed by atoms with van der Waals surface area (Å²) in [5.74, 6) is -1.48. The predicted octanol–water partition coefficient (Wildman–Crippen LogP) is 1.56. The van der Waals surface area contributed by atoms with Gasteiger partial charge in [0.25, 0.3) is 0 Å². The molecule has 1 fully saturated rings. The van der Waals surface area contributed by atoms with E-state index >= 15 is 0 Å². The highest BCUT2D eigenvalue weighted by Crippen LogP contribution is 2.42. The standard InChI is InChI=1S/C18H27N3O3S/c1-13(2)10-19-16(23)17(24)20-11-15(22)21-12-18(7-3-4-8-18)14-6-5-9-25-14/h5-6,9,13H,3-4,7-8,10-12H2,1-2H3,(H,19,23)(H,20,24)(H,21,22). The minimum absolute atomic E-state index is 0.0163. The highest BCUT2D eigenvalue weighted by molar-refractivity contribution is 7.10. The van der Waals surface area contributed by atoms with Crippen LogP contribution < -0.4 is 16.0 Å². The molecule has 25 heavy (non-hydrogen) atoms. The second-order valence-corrected chi connectivity index (χ2v) is 7.98. The van der Waals surface area contributed by atoms with E-state index in [1.54, 1.807) is 11.3 Å². The molecule has 3 N–H and O–H groups in total. The lowest BCUT2D eigenvalue weighted by Gasteiger charge is -2.28. The Balaban J connectivity index is 1.76. The summed E-state index contributed by atoms with van der Waals surface area (Å²) in [4.78, 5) is 36.6. The summed E-state index contributed by atoms with van der Waals surface area (Å²) in [5, 5.41) is 9.88. The molecule has 0 saturated heterocycles. The molecular formula is C18H27N3O3S. The first-order valence-electron chi connectivity index (χ1n) is 8.80. The van der Waals surface area contributed by atoms with Gasteiger partial charge < -0.3 is 16.0 Å². The molecular weight excluding hydrogens is 338 g/mol. The molecule has 1 heterocycles. The molecule has 2 rings (SSSR count). The number of carbonyl (C=O) groups excluding carboxylic acids is 3. The lowest BCUT2D eigenvalue weighted by molar-refractivity contribution is -0.139. The summed E-state index contributed by atoms with van der Waals surface area (Å²) in [6.07, 6.45) is 4.47. The molecule has 3 amide bonds. The van der Waals surface area contributed by atoms with Crippen molar-refractivity contribution >= 4 is 29.1 Å². The van der Waals surface area contributed by atoms with Gasteiger partial charge in [0.05, 0.1) is 6.54 Å². The smallest absolute Gasteiger partial charge is 0.309 e. The van der Waals surface area contributed by atoms with Gasteiger partial charge in [0, 0.05) is 23.4 Å². The van der Waals surface area contributed by atoms with E-state index in [2.05, 4.69) is 27.4 Å². The summed E-state index contributed by atoms with van der Waals surface area (Å²) < 4.78 is 0. The van der Waals surface area contributed by atoms with Gasteiger partial charge in [0.1, 0.15) is 0 Å². The molecule has 0 unspecified atom stereocenters. The van der Waals surface area contributed by atoms with Gasteiger partial charge in [0.2, 0.25) is 5.91 Å². The number of thiophene rings is 1. The first-order valence-corrected chi connectivity index (χ1v) is 9.68. The molecule has 1 aliphatic rings. The number of hydrogen-bond donors (Lipinski definition) is 3. The van der Waals surface area contributed by atoms with Gasteiger partial charge in [-0.15, -0.1) is 11.3 Å². The summed E-state index contributed by atoms with van der Waals surface area (Å²) in [7, 11) is 0. The van der Waals surface area contributed by atoms with Crippen molar-refractivity contribution in [3.05, 3.63) is 22.4 Å². The maximum absolute atomic E-state index is 12.1. The first kappa shape index (κ1) is 19.4. The quantitative estimate of drug-likeness (QED) is 0.641. The molecule has 0 aromatic carbocycles. The zero-order valence-corrected chi connectivity index (χ0v) is 15.7. The van der Waals surface area contributed by atoms with E-state index < -0.39 is 11.8 Å². The van der Waals surface area contributed by atoms with E-state index in [1.807, 2.05) is 19.9 Å². The number of rotatable bonds is 7. The molecule has 6 nitrogen and oxygen atoms in total. The predicted molar refractivity (Wildman–Crippen MR) is 98.3 cm³/mol. The van der Waals surface area contributed by atoms with Crippen molar-refractivity contribution in [3.63, 3.8) is 0 Å². The average Bonchev–Trinajstić information content (AvgIpc) is 3.27. The first-order chi connectivity index (χ1) is 11.9. The van der Waals surface area contributed by atoms with Gasteiger partial charge in [-0.3, -0.25) is 14.4 Å². The molecule has 0 bridgehead atoms. The second-order valence-electron chi connectivity index (χ2n) is 7.03. The van der Waals surface area contributed by atoms with E-state index in [-0.39, 0.29) is 23.8 Å². The van der Waals surface area contributed by atoms with Crippen LogP contribution >= 0.6 is 11.3 Å². The van der Waals surface area contributed by atoms with Crippen molar-refractivity contribution in [1.29, 1.82) is 0 Å². The van der Waals surface area contributed by atoms with Gasteiger partial charge in [-0.1, -0.05) is 32.8 Å². The van der Waals surface area contributed by atoms with Crippen LogP contribution in [0.25, 0.3) is 0 Å². The Kier molecular flexibility index (Phi) is 6.99. The van der Waals surface area contributed by atoms with E-state index in [0.717, 1.165) is 12.8 Å². The van der Waals surface area contributed by atoms with E-state index in [1.165, 1.54) is 17.7 Å². The zero-order valence-electron chi connectivity index (χ0n) is 14.9. The highest BCUT2D eigenvalue weighted by Gasteiger charge is 2.36. The Morgan fingerprint density at radius 3 is 2.40 bits per heavy atom. The van der Waals surface area contributed by atoms with Crippen LogP contribution in [0.2, 0.25) is 0 Å². The van der Waals surface area contributed by atoms with Crippen molar-refractivity contribution in [2.24, 2.45) is 5.92 Å². The Labute approximate surface area is 152 Å². The molecule has 138 valence electrons. The number of nitrogens with one attached hydrogen (secondary N) is 3. The second kappa shape index (κ2) is 8.99. The van der Waals surface area contributed by atoms with Crippen LogP contribution in [0.5, 0.6) is 0 Å². The summed E-state index contributed by atoms with van der Waals surface area (Å²) in [5.41, 5.74) is 0.0163. The van der Waals surface area contributed by atoms with Crippen molar-refractivity contribution in [1.82, 2.24) is 16.0 Å². The largest absolute Gasteiger partial charge is 0.354 e. The molecule has 0 radical (unpaired) electrons. The van der Waals surface area contributed by atoms with Gasteiger partial charge in [0.15, 0.2) is 0 Å². The van der Waals surface area contributed by atoms with E-state index in [4.69, 9.17) is 0 Å². The van der Waals surface area contributed by atoms with Crippen molar-refractivity contribution < 1.29 is 14.4 Å². The molecule has 0 spiro atoms. The maximum atomic E-state index is 12.1. The fourth-order valence-electron chi connectivity index (χ4n) is 3.09. The summed E-state index contributed by atoms with van der Waals surface area (Å²) in [6, 6.07) is 4.17. The van der Waals surface area contributed by atoms with Crippen LogP contribution in [-0.4, -0.2) is 37.4 Å². The third-order valence-electron chi connectivity index (χ3n) is 4.52. The van der Waals surface area contributed by atoms with Crippen molar-refractivity contribution in [3.8, 4) is 0 Å². The Hall–Kier alpha value is -1.89. The van der Waals surface area contributed by atoms with Crippen LogP contribution in [0.15, 0.2) is 17.5 Å². The molecule has 1 aromatic heterocycles. The number of carbonyl (C=O) groups is 3. The fourth-order valence-corrected chi connectivity index (χ4v) is 4.08.